The van der Waals surface area contributed by atoms with E-state index in [0.29, 0.717) is 22.4 Å². The molecule has 1 saturated heterocycles. The summed E-state index contributed by atoms with van der Waals surface area (Å²) in [6.45, 7) is 2.38. The highest BCUT2D eigenvalue weighted by Gasteiger charge is 2.30. The highest BCUT2D eigenvalue weighted by Crippen LogP contribution is 2.33. The molecule has 1 heterocycles. The highest BCUT2D eigenvalue weighted by molar-refractivity contribution is 8.18. The molecule has 3 aromatic carbocycles. The molecule has 4 rings (SSSR count). The van der Waals surface area contributed by atoms with E-state index in [1.165, 1.54) is 23.9 Å². The highest BCUT2D eigenvalue weighted by atomic mass is 32.2. The van der Waals surface area contributed by atoms with Gasteiger partial charge in [0.05, 0.1) is 10.6 Å². The van der Waals surface area contributed by atoms with Crippen molar-refractivity contribution in [1.82, 2.24) is 4.90 Å². The first-order valence-corrected chi connectivity index (χ1v) is 10.6. The van der Waals surface area contributed by atoms with Gasteiger partial charge in [-0.3, -0.25) is 9.69 Å². The van der Waals surface area contributed by atoms with E-state index in [4.69, 9.17) is 4.74 Å². The second-order valence-corrected chi connectivity index (χ2v) is 8.20. The van der Waals surface area contributed by atoms with E-state index in [9.17, 15) is 9.18 Å². The standard InChI is InChI=1S/C25H21FN2O2S/c1-17-3-11-21(12-4-17)27-25-28(2)24(29)23(31-25)15-18-7-13-22(14-8-18)30-16-19-5-9-20(26)10-6-19/h3-15H,16H2,1-2H3/b23-15+,27-25?. The van der Waals surface area contributed by atoms with Gasteiger partial charge in [-0.15, -0.1) is 0 Å². The number of rotatable bonds is 5. The summed E-state index contributed by atoms with van der Waals surface area (Å²) in [4.78, 5) is 19.4. The molecule has 0 aliphatic carbocycles. The van der Waals surface area contributed by atoms with Crippen molar-refractivity contribution in [3.63, 3.8) is 0 Å². The van der Waals surface area contributed by atoms with Gasteiger partial charge in [0.15, 0.2) is 5.17 Å². The summed E-state index contributed by atoms with van der Waals surface area (Å²) in [5.41, 5.74) is 3.77. The molecule has 156 valence electrons. The number of likely N-dealkylation sites (N-methyl/N-ethyl adjacent to an activating group) is 1. The fourth-order valence-corrected chi connectivity index (χ4v) is 3.93. The van der Waals surface area contributed by atoms with Crippen LogP contribution in [-0.4, -0.2) is 23.0 Å². The third-order valence-electron chi connectivity index (χ3n) is 4.76. The Hall–Kier alpha value is -3.38. The van der Waals surface area contributed by atoms with Gasteiger partial charge in [0.1, 0.15) is 18.2 Å². The maximum Gasteiger partial charge on any atom is 0.266 e. The maximum atomic E-state index is 13.0. The lowest BCUT2D eigenvalue weighted by Crippen LogP contribution is -2.23. The third kappa shape index (κ3) is 5.22. The third-order valence-corrected chi connectivity index (χ3v) is 5.82. The van der Waals surface area contributed by atoms with E-state index in [0.717, 1.165) is 22.4 Å². The van der Waals surface area contributed by atoms with Crippen LogP contribution >= 0.6 is 11.8 Å². The van der Waals surface area contributed by atoms with Crippen LogP contribution in [0.25, 0.3) is 6.08 Å². The SMILES string of the molecule is Cc1ccc(N=C2S/C(=C/c3ccc(OCc4ccc(F)cc4)cc3)C(=O)N2C)cc1. The number of nitrogens with zero attached hydrogens (tertiary/aromatic N) is 2. The molecule has 3 aromatic rings. The number of halogens is 1. The lowest BCUT2D eigenvalue weighted by molar-refractivity contribution is -0.121. The average molecular weight is 433 g/mol. The molecule has 0 atom stereocenters. The van der Waals surface area contributed by atoms with Gasteiger partial charge >= 0.3 is 0 Å². The van der Waals surface area contributed by atoms with Gasteiger partial charge in [0, 0.05) is 7.05 Å². The molecule has 0 saturated carbocycles. The van der Waals surface area contributed by atoms with E-state index in [1.807, 2.05) is 61.5 Å². The van der Waals surface area contributed by atoms with Gasteiger partial charge in [-0.05, 0) is 72.3 Å². The number of hydrogen-bond donors (Lipinski definition) is 0. The number of aliphatic imine (C=N–C) groups is 1. The summed E-state index contributed by atoms with van der Waals surface area (Å²) in [6.07, 6.45) is 1.85. The zero-order chi connectivity index (χ0) is 21.8. The summed E-state index contributed by atoms with van der Waals surface area (Å²) < 4.78 is 18.7. The molecule has 0 unspecified atom stereocenters. The maximum absolute atomic E-state index is 13.0. The Balaban J connectivity index is 1.43. The summed E-state index contributed by atoms with van der Waals surface area (Å²) in [6, 6.07) is 21.6. The number of thioether (sulfide) groups is 1. The number of aryl methyl sites for hydroxylation is 1. The molecule has 1 fully saturated rings. The largest absolute Gasteiger partial charge is 0.489 e. The molecule has 4 nitrogen and oxygen atoms in total. The quantitative estimate of drug-likeness (QED) is 0.468. The van der Waals surface area contributed by atoms with Crippen LogP contribution < -0.4 is 4.74 Å². The molecule has 1 aliphatic heterocycles. The minimum Gasteiger partial charge on any atom is -0.489 e. The fraction of sp³-hybridized carbons (Fsp3) is 0.120. The van der Waals surface area contributed by atoms with Gasteiger partial charge in [0.25, 0.3) is 5.91 Å². The lowest BCUT2D eigenvalue weighted by Gasteiger charge is -2.07. The number of benzene rings is 3. The van der Waals surface area contributed by atoms with Gasteiger partial charge in [-0.2, -0.15) is 0 Å². The Morgan fingerprint density at radius 3 is 2.35 bits per heavy atom. The van der Waals surface area contributed by atoms with Crippen LogP contribution in [0.3, 0.4) is 0 Å². The molecule has 1 amide bonds. The summed E-state index contributed by atoms with van der Waals surface area (Å²) in [5, 5.41) is 0.652. The van der Waals surface area contributed by atoms with Gasteiger partial charge in [0.2, 0.25) is 0 Å². The van der Waals surface area contributed by atoms with E-state index < -0.39 is 0 Å². The van der Waals surface area contributed by atoms with Gasteiger partial charge in [-0.1, -0.05) is 42.0 Å². The Kier molecular flexibility index (Phi) is 6.18. The minimum absolute atomic E-state index is 0.0764. The summed E-state index contributed by atoms with van der Waals surface area (Å²) >= 11 is 1.36. The number of amidine groups is 1. The number of amides is 1. The number of carbonyl (C=O) groups excluding carboxylic acids is 1. The fourth-order valence-electron chi connectivity index (χ4n) is 2.94. The second-order valence-electron chi connectivity index (χ2n) is 7.19. The van der Waals surface area contributed by atoms with Crippen LogP contribution in [0.15, 0.2) is 82.7 Å². The second kappa shape index (κ2) is 9.18. The first-order chi connectivity index (χ1) is 15.0. The van der Waals surface area contributed by atoms with Crippen molar-refractivity contribution in [3.8, 4) is 5.75 Å². The Labute approximate surface area is 185 Å². The van der Waals surface area contributed by atoms with Crippen molar-refractivity contribution in [3.05, 3.63) is 100 Å². The van der Waals surface area contributed by atoms with Gasteiger partial charge in [-0.25, -0.2) is 9.38 Å². The van der Waals surface area contributed by atoms with E-state index in [1.54, 1.807) is 24.1 Å². The molecular formula is C25H21FN2O2S. The van der Waals surface area contributed by atoms with Crippen LogP contribution in [0.1, 0.15) is 16.7 Å². The lowest BCUT2D eigenvalue weighted by atomic mass is 10.2. The zero-order valence-corrected chi connectivity index (χ0v) is 18.0. The number of carbonyl (C=O) groups is 1. The van der Waals surface area contributed by atoms with Gasteiger partial charge < -0.3 is 4.74 Å². The van der Waals surface area contributed by atoms with Crippen molar-refractivity contribution in [2.45, 2.75) is 13.5 Å². The Morgan fingerprint density at radius 1 is 1.00 bits per heavy atom. The molecule has 6 heteroatoms. The van der Waals surface area contributed by atoms with E-state index in [-0.39, 0.29) is 11.7 Å². The molecule has 0 N–H and O–H groups in total. The molecular weight excluding hydrogens is 411 g/mol. The van der Waals surface area contributed by atoms with Crippen molar-refractivity contribution < 1.29 is 13.9 Å². The van der Waals surface area contributed by atoms with Crippen LogP contribution in [0.5, 0.6) is 5.75 Å². The van der Waals surface area contributed by atoms with Crippen LogP contribution in [0, 0.1) is 12.7 Å². The average Bonchev–Trinajstić information content (AvgIpc) is 3.03. The summed E-state index contributed by atoms with van der Waals surface area (Å²) in [5.74, 6) is 0.362. The van der Waals surface area contributed by atoms with Crippen molar-refractivity contribution >= 4 is 34.6 Å². The number of hydrogen-bond acceptors (Lipinski definition) is 4. The Morgan fingerprint density at radius 2 is 1.68 bits per heavy atom. The van der Waals surface area contributed by atoms with Crippen molar-refractivity contribution in [2.24, 2.45) is 4.99 Å². The first-order valence-electron chi connectivity index (χ1n) is 9.78. The monoisotopic (exact) mass is 432 g/mol. The Bertz CT molecular complexity index is 1140. The molecule has 0 spiro atoms. The van der Waals surface area contributed by atoms with Crippen LogP contribution in [0.4, 0.5) is 10.1 Å². The molecule has 1 aliphatic rings. The molecule has 0 aromatic heterocycles. The molecule has 0 radical (unpaired) electrons. The zero-order valence-electron chi connectivity index (χ0n) is 17.2. The predicted octanol–water partition coefficient (Wildman–Crippen LogP) is 5.95. The van der Waals surface area contributed by atoms with Crippen molar-refractivity contribution in [1.29, 1.82) is 0 Å². The summed E-state index contributed by atoms with van der Waals surface area (Å²) in [7, 11) is 1.73. The van der Waals surface area contributed by atoms with Crippen LogP contribution in [0.2, 0.25) is 0 Å². The van der Waals surface area contributed by atoms with E-state index >= 15 is 0 Å². The van der Waals surface area contributed by atoms with E-state index in [2.05, 4.69) is 4.99 Å². The minimum atomic E-state index is -0.266. The predicted molar refractivity (Wildman–Crippen MR) is 124 cm³/mol. The molecule has 31 heavy (non-hydrogen) atoms. The normalized spacial score (nSPS) is 16.4. The topological polar surface area (TPSA) is 41.9 Å². The number of ether oxygens (including phenoxy) is 1. The van der Waals surface area contributed by atoms with Crippen molar-refractivity contribution in [2.75, 3.05) is 7.05 Å². The van der Waals surface area contributed by atoms with Crippen LogP contribution in [-0.2, 0) is 11.4 Å². The molecule has 0 bridgehead atoms. The first kappa shape index (κ1) is 20.9. The smallest absolute Gasteiger partial charge is 0.266 e.